The number of aliphatic hydroxyl groups is 2. The first kappa shape index (κ1) is 53.6. The molecule has 15 unspecified atom stereocenters. The number of benzene rings is 1. The van der Waals surface area contributed by atoms with Crippen molar-refractivity contribution in [3.63, 3.8) is 0 Å². The van der Waals surface area contributed by atoms with Crippen LogP contribution in [0.5, 0.6) is 0 Å². The molecule has 66 heavy (non-hydrogen) atoms. The Balaban J connectivity index is 1.50. The van der Waals surface area contributed by atoms with Gasteiger partial charge in [0.15, 0.2) is 0 Å². The summed E-state index contributed by atoms with van der Waals surface area (Å²) in [5.74, 6) is -8.93. The third-order valence-electron chi connectivity index (χ3n) is 14.7. The highest BCUT2D eigenvalue weighted by Crippen LogP contribution is 2.40. The second-order valence-electron chi connectivity index (χ2n) is 20.0. The maximum Gasteiger partial charge on any atom is 0.329 e. The van der Waals surface area contributed by atoms with E-state index in [1.54, 1.807) is 33.8 Å². The fourth-order valence-corrected chi connectivity index (χ4v) is 10.6. The normalized spacial score (nSPS) is 38.2. The molecule has 370 valence electrons. The Labute approximate surface area is 392 Å². The van der Waals surface area contributed by atoms with Crippen molar-refractivity contribution in [3.05, 3.63) is 59.2 Å². The number of ketones is 2. The Hall–Kier alpha value is -3.37. The number of amides is 1. The van der Waals surface area contributed by atoms with E-state index in [2.05, 4.69) is 23.5 Å². The zero-order valence-corrected chi connectivity index (χ0v) is 41.1. The maximum atomic E-state index is 16.4. The van der Waals surface area contributed by atoms with Crippen molar-refractivity contribution in [1.82, 2.24) is 10.2 Å². The molecule has 3 heterocycles. The Morgan fingerprint density at radius 2 is 1.67 bits per heavy atom. The number of fused-ring (bicyclic) bond motifs is 3. The number of rotatable bonds is 10. The summed E-state index contributed by atoms with van der Waals surface area (Å²) in [5, 5.41) is 27.7. The molecular formula is C52H79FN2O11. The van der Waals surface area contributed by atoms with E-state index < -0.39 is 89.9 Å². The van der Waals surface area contributed by atoms with Crippen LogP contribution in [0.15, 0.2) is 53.6 Å². The lowest BCUT2D eigenvalue weighted by Crippen LogP contribution is -2.64. The topological polar surface area (TPSA) is 170 Å². The van der Waals surface area contributed by atoms with E-state index in [0.29, 0.717) is 43.4 Å². The van der Waals surface area contributed by atoms with Crippen molar-refractivity contribution >= 4 is 23.4 Å². The second-order valence-corrected chi connectivity index (χ2v) is 20.0. The van der Waals surface area contributed by atoms with Crippen molar-refractivity contribution in [3.8, 4) is 0 Å². The number of Topliss-reactive ketones (excluding diaryl/α,β-unsaturated/α-hetero) is 2. The molecule has 0 radical (unpaired) electrons. The molecule has 0 spiro atoms. The number of piperidine rings is 1. The van der Waals surface area contributed by atoms with Gasteiger partial charge in [-0.1, -0.05) is 70.2 Å². The number of nitrogens with zero attached hydrogens (tertiary/aromatic N) is 1. The van der Waals surface area contributed by atoms with Gasteiger partial charge in [-0.05, 0) is 114 Å². The van der Waals surface area contributed by atoms with Gasteiger partial charge in [-0.2, -0.15) is 0 Å². The predicted octanol–water partition coefficient (Wildman–Crippen LogP) is 7.00. The minimum atomic E-state index is -2.60. The number of carbonyl (C=O) groups excluding carboxylic acids is 4. The number of cyclic esters (lactones) is 1. The zero-order chi connectivity index (χ0) is 48.5. The van der Waals surface area contributed by atoms with Crippen molar-refractivity contribution in [2.45, 2.75) is 193 Å². The first-order valence-electron chi connectivity index (χ1n) is 24.5. The molecule has 1 saturated carbocycles. The first-order valence-corrected chi connectivity index (χ1v) is 24.5. The molecule has 3 N–H and O–H groups in total. The van der Waals surface area contributed by atoms with Crippen molar-refractivity contribution in [1.29, 1.82) is 0 Å². The Morgan fingerprint density at radius 3 is 2.32 bits per heavy atom. The van der Waals surface area contributed by atoms with E-state index in [9.17, 15) is 29.4 Å². The highest BCUT2D eigenvalue weighted by molar-refractivity contribution is 6.39. The summed E-state index contributed by atoms with van der Waals surface area (Å²) in [4.78, 5) is 58.5. The van der Waals surface area contributed by atoms with Crippen LogP contribution >= 0.6 is 0 Å². The van der Waals surface area contributed by atoms with Gasteiger partial charge in [-0.3, -0.25) is 14.4 Å². The standard InChI is InChI=1S/C52H79FN2O11/c1-11-38-24-31(4)46(53)32(5)25-44(62-9)48-45(63-10)26-34(7)52(61,66-48)49(58)50(59)55-22-16-15-19-40(55)51(60)65-47(35(8)41(56)28-42(38)57)33(6)23-37-20-21-39(43(27-37)64-30(2)3)54-29-36-17-13-12-14-18-36/h12-14,17-18,23-24,30,32,34-35,37-41,43-48,54,56,61H,11,15-16,19-22,25-29H2,1-10H3/b31-24+,33-23?. The molecule has 15 atom stereocenters. The average molecular weight is 927 g/mol. The Morgan fingerprint density at radius 1 is 0.985 bits per heavy atom. The van der Waals surface area contributed by atoms with Gasteiger partial charge in [0.1, 0.15) is 30.2 Å². The third-order valence-corrected chi connectivity index (χ3v) is 14.7. The summed E-state index contributed by atoms with van der Waals surface area (Å²) in [6, 6.07) is 9.16. The van der Waals surface area contributed by atoms with Crippen LogP contribution < -0.4 is 5.32 Å². The molecule has 13 nitrogen and oxygen atoms in total. The summed E-state index contributed by atoms with van der Waals surface area (Å²) in [5.41, 5.74) is 2.20. The minimum absolute atomic E-state index is 0.00841. The molecule has 3 fully saturated rings. The van der Waals surface area contributed by atoms with Crippen molar-refractivity contribution < 1.29 is 57.5 Å². The first-order chi connectivity index (χ1) is 31.3. The van der Waals surface area contributed by atoms with Gasteiger partial charge in [0.2, 0.25) is 5.79 Å². The molecule has 5 rings (SSSR count). The number of alkyl halides is 1. The van der Waals surface area contributed by atoms with Crippen molar-refractivity contribution in [2.75, 3.05) is 20.8 Å². The summed E-state index contributed by atoms with van der Waals surface area (Å²) in [6.07, 6.45) is 1.22. The fourth-order valence-electron chi connectivity index (χ4n) is 10.6. The Kier molecular flexibility index (Phi) is 19.7. The number of nitrogens with one attached hydrogen (secondary N) is 1. The van der Waals surface area contributed by atoms with Gasteiger partial charge >= 0.3 is 5.97 Å². The molecule has 4 aliphatic rings. The van der Waals surface area contributed by atoms with Crippen LogP contribution in [0.4, 0.5) is 4.39 Å². The van der Waals surface area contributed by atoms with E-state index in [1.165, 1.54) is 24.7 Å². The van der Waals surface area contributed by atoms with E-state index in [-0.39, 0.29) is 62.2 Å². The lowest BCUT2D eigenvalue weighted by molar-refractivity contribution is -0.302. The number of hydrogen-bond donors (Lipinski definition) is 3. The number of ether oxygens (including phenoxy) is 5. The van der Waals surface area contributed by atoms with E-state index in [0.717, 1.165) is 12.8 Å². The molecule has 1 aromatic rings. The number of halogens is 1. The summed E-state index contributed by atoms with van der Waals surface area (Å²) < 4.78 is 47.0. The average Bonchev–Trinajstić information content (AvgIpc) is 3.30. The highest BCUT2D eigenvalue weighted by Gasteiger charge is 2.57. The lowest BCUT2D eigenvalue weighted by Gasteiger charge is -2.47. The molecule has 14 heteroatoms. The molecule has 3 aliphatic heterocycles. The molecule has 1 aromatic carbocycles. The van der Waals surface area contributed by atoms with Crippen LogP contribution in [-0.4, -0.2) is 126 Å². The van der Waals surface area contributed by atoms with Crippen LogP contribution in [0.3, 0.4) is 0 Å². The summed E-state index contributed by atoms with van der Waals surface area (Å²) in [7, 11) is 2.90. The lowest BCUT2D eigenvalue weighted by atomic mass is 9.80. The Bertz CT molecular complexity index is 1840. The summed E-state index contributed by atoms with van der Waals surface area (Å²) in [6.45, 7) is 15.2. The van der Waals surface area contributed by atoms with Gasteiger partial charge in [0.25, 0.3) is 11.7 Å². The number of allylic oxidation sites excluding steroid dienone is 3. The van der Waals surface area contributed by atoms with E-state index in [1.807, 2.05) is 45.9 Å². The smallest absolute Gasteiger partial charge is 0.329 e. The molecule has 2 saturated heterocycles. The van der Waals surface area contributed by atoms with Crippen LogP contribution in [0.1, 0.15) is 125 Å². The molecule has 1 aliphatic carbocycles. The monoisotopic (exact) mass is 927 g/mol. The van der Waals surface area contributed by atoms with Crippen LogP contribution in [0.2, 0.25) is 0 Å². The van der Waals surface area contributed by atoms with Crippen LogP contribution in [0, 0.1) is 29.6 Å². The highest BCUT2D eigenvalue weighted by atomic mass is 19.1. The fraction of sp³-hybridized carbons (Fsp3) is 0.731. The molecule has 2 bridgehead atoms. The maximum absolute atomic E-state index is 16.4. The number of carbonyl (C=O) groups is 4. The molecule has 0 aromatic heterocycles. The van der Waals surface area contributed by atoms with Gasteiger partial charge in [0, 0.05) is 57.5 Å². The number of aliphatic hydroxyl groups excluding tert-OH is 1. The van der Waals surface area contributed by atoms with Gasteiger partial charge < -0.3 is 44.1 Å². The van der Waals surface area contributed by atoms with E-state index in [4.69, 9.17) is 23.7 Å². The van der Waals surface area contributed by atoms with Crippen molar-refractivity contribution in [2.24, 2.45) is 29.6 Å². The quantitative estimate of drug-likeness (QED) is 0.125. The number of esters is 1. The molecular weight excluding hydrogens is 848 g/mol. The van der Waals surface area contributed by atoms with Gasteiger partial charge in [-0.15, -0.1) is 0 Å². The number of methoxy groups -OCH3 is 2. The largest absolute Gasteiger partial charge is 0.456 e. The SMILES string of the molecule is CCC1/C=C(\C)C(F)C(C)CC(OC)C2OC(O)(C(=O)C(=O)N3CCCCC3C(=O)OC(C(C)=CC3CCC(NCc4ccccc4)C(OC(C)C)C3)C(C)C(O)CC1=O)C(C)CC2OC. The number of hydrogen-bond acceptors (Lipinski definition) is 12. The third kappa shape index (κ3) is 13.0. The second kappa shape index (κ2) is 24.3. The zero-order valence-electron chi connectivity index (χ0n) is 41.1. The van der Waals surface area contributed by atoms with Crippen LogP contribution in [-0.2, 0) is 49.4 Å². The predicted molar refractivity (Wildman–Crippen MR) is 249 cm³/mol. The van der Waals surface area contributed by atoms with Gasteiger partial charge in [0.05, 0.1) is 30.5 Å². The van der Waals surface area contributed by atoms with E-state index >= 15 is 4.39 Å². The van der Waals surface area contributed by atoms with Crippen LogP contribution in [0.25, 0.3) is 0 Å². The molecule has 1 amide bonds. The summed E-state index contributed by atoms with van der Waals surface area (Å²) >= 11 is 0. The minimum Gasteiger partial charge on any atom is -0.456 e. The van der Waals surface area contributed by atoms with Gasteiger partial charge in [-0.25, -0.2) is 9.18 Å².